The number of hydrogen-bond donors (Lipinski definition) is 2. The highest BCUT2D eigenvalue weighted by molar-refractivity contribution is 7.80. The summed E-state index contributed by atoms with van der Waals surface area (Å²) in [6.45, 7) is 2.12. The van der Waals surface area contributed by atoms with Crippen LogP contribution in [-0.2, 0) is 0 Å². The van der Waals surface area contributed by atoms with Crippen LogP contribution in [0.25, 0.3) is 0 Å². The number of nitrogens with one attached hydrogen (secondary N) is 1. The maximum atomic E-state index is 13.0. The first-order valence-electron chi connectivity index (χ1n) is 4.88. The van der Waals surface area contributed by atoms with E-state index >= 15 is 0 Å². The lowest BCUT2D eigenvalue weighted by atomic mass is 10.1. The fourth-order valence-corrected chi connectivity index (χ4v) is 1.64. The number of thiocarbonyl (C=S) groups is 1. The van der Waals surface area contributed by atoms with E-state index in [9.17, 15) is 4.39 Å². The van der Waals surface area contributed by atoms with Crippen LogP contribution >= 0.6 is 12.2 Å². The molecule has 80 valence electrons. The van der Waals surface area contributed by atoms with Crippen molar-refractivity contribution in [3.05, 3.63) is 29.6 Å². The molecular weight excluding hydrogens is 211 g/mol. The van der Waals surface area contributed by atoms with Gasteiger partial charge < -0.3 is 11.1 Å². The molecule has 3 N–H and O–H groups in total. The minimum Gasteiger partial charge on any atom is -0.389 e. The van der Waals surface area contributed by atoms with Gasteiger partial charge >= 0.3 is 0 Å². The van der Waals surface area contributed by atoms with Gasteiger partial charge in [-0.3, -0.25) is 0 Å². The molecule has 0 amide bonds. The summed E-state index contributed by atoms with van der Waals surface area (Å²) in [7, 11) is 0. The molecular formula is C11H13FN2S. The number of anilines is 1. The maximum absolute atomic E-state index is 13.0. The van der Waals surface area contributed by atoms with Crippen LogP contribution in [0.15, 0.2) is 18.2 Å². The first-order valence-corrected chi connectivity index (χ1v) is 5.29. The summed E-state index contributed by atoms with van der Waals surface area (Å²) in [4.78, 5) is 0.223. The molecule has 15 heavy (non-hydrogen) atoms. The van der Waals surface area contributed by atoms with Gasteiger partial charge in [0.2, 0.25) is 0 Å². The Morgan fingerprint density at radius 2 is 2.20 bits per heavy atom. The van der Waals surface area contributed by atoms with E-state index in [2.05, 4.69) is 12.2 Å². The topological polar surface area (TPSA) is 38.0 Å². The van der Waals surface area contributed by atoms with Crippen LogP contribution in [0.3, 0.4) is 0 Å². The highest BCUT2D eigenvalue weighted by Gasteiger charge is 2.37. The van der Waals surface area contributed by atoms with E-state index in [0.717, 1.165) is 18.5 Å². The summed E-state index contributed by atoms with van der Waals surface area (Å²) in [5.41, 5.74) is 7.09. The zero-order valence-electron chi connectivity index (χ0n) is 8.51. The van der Waals surface area contributed by atoms with Crippen LogP contribution in [0.5, 0.6) is 0 Å². The summed E-state index contributed by atoms with van der Waals surface area (Å²) >= 11 is 4.89. The van der Waals surface area contributed by atoms with Crippen LogP contribution in [0, 0.1) is 5.82 Å². The van der Waals surface area contributed by atoms with Crippen LogP contribution in [-0.4, -0.2) is 10.5 Å². The van der Waals surface area contributed by atoms with Crippen molar-refractivity contribution >= 4 is 22.9 Å². The number of nitrogens with two attached hydrogens (primary N) is 1. The van der Waals surface area contributed by atoms with Crippen molar-refractivity contribution in [2.75, 3.05) is 5.32 Å². The zero-order chi connectivity index (χ0) is 11.1. The monoisotopic (exact) mass is 224 g/mol. The molecule has 2 nitrogen and oxygen atoms in total. The Morgan fingerprint density at radius 3 is 2.73 bits per heavy atom. The van der Waals surface area contributed by atoms with E-state index in [1.807, 2.05) is 0 Å². The second-order valence-corrected chi connectivity index (χ2v) is 4.68. The van der Waals surface area contributed by atoms with Crippen LogP contribution < -0.4 is 11.1 Å². The molecule has 1 aliphatic rings. The summed E-state index contributed by atoms with van der Waals surface area (Å²) < 4.78 is 13.0. The highest BCUT2D eigenvalue weighted by atomic mass is 32.1. The van der Waals surface area contributed by atoms with Crippen LogP contribution in [0.1, 0.15) is 25.3 Å². The average Bonchev–Trinajstić information content (AvgIpc) is 2.87. The summed E-state index contributed by atoms with van der Waals surface area (Å²) in [5, 5.41) is 3.34. The Kier molecular flexibility index (Phi) is 2.38. The minimum absolute atomic E-state index is 0.136. The van der Waals surface area contributed by atoms with Crippen LogP contribution in [0.4, 0.5) is 10.1 Å². The zero-order valence-corrected chi connectivity index (χ0v) is 9.33. The third kappa shape index (κ3) is 2.26. The van der Waals surface area contributed by atoms with Gasteiger partial charge in [0.1, 0.15) is 10.8 Å². The van der Waals surface area contributed by atoms with E-state index in [-0.39, 0.29) is 16.3 Å². The molecule has 1 saturated carbocycles. The lowest BCUT2D eigenvalue weighted by molar-refractivity contribution is 0.627. The van der Waals surface area contributed by atoms with Gasteiger partial charge in [-0.2, -0.15) is 0 Å². The minimum atomic E-state index is -0.315. The van der Waals surface area contributed by atoms with Crippen molar-refractivity contribution in [1.82, 2.24) is 0 Å². The van der Waals surface area contributed by atoms with E-state index in [1.54, 1.807) is 6.07 Å². The van der Waals surface area contributed by atoms with Gasteiger partial charge in [-0.1, -0.05) is 12.2 Å². The Bertz CT molecular complexity index is 413. The Hall–Kier alpha value is -1.16. The van der Waals surface area contributed by atoms with Gasteiger partial charge in [0.15, 0.2) is 0 Å². The van der Waals surface area contributed by atoms with E-state index in [0.29, 0.717) is 5.56 Å². The Labute approximate surface area is 93.7 Å². The first kappa shape index (κ1) is 10.4. The summed E-state index contributed by atoms with van der Waals surface area (Å²) in [6.07, 6.45) is 2.25. The van der Waals surface area contributed by atoms with E-state index < -0.39 is 0 Å². The lowest BCUT2D eigenvalue weighted by Gasteiger charge is -2.16. The van der Waals surface area contributed by atoms with Crippen molar-refractivity contribution in [2.45, 2.75) is 25.3 Å². The van der Waals surface area contributed by atoms with Crippen molar-refractivity contribution in [3.63, 3.8) is 0 Å². The number of halogens is 1. The predicted octanol–water partition coefficient (Wildman–Crippen LogP) is 2.42. The molecule has 0 atom stereocenters. The molecule has 1 aromatic carbocycles. The molecule has 0 aromatic heterocycles. The molecule has 1 aromatic rings. The SMILES string of the molecule is CC1(Nc2ccc(F)cc2C(N)=S)CC1. The van der Waals surface area contributed by atoms with E-state index in [4.69, 9.17) is 18.0 Å². The third-order valence-corrected chi connectivity index (χ3v) is 2.90. The maximum Gasteiger partial charge on any atom is 0.124 e. The largest absolute Gasteiger partial charge is 0.389 e. The molecule has 0 aliphatic heterocycles. The summed E-state index contributed by atoms with van der Waals surface area (Å²) in [5.74, 6) is -0.315. The van der Waals surface area contributed by atoms with E-state index in [1.165, 1.54) is 12.1 Å². The number of hydrogen-bond acceptors (Lipinski definition) is 2. The first-order chi connectivity index (χ1) is 7.00. The Morgan fingerprint density at radius 1 is 1.53 bits per heavy atom. The second kappa shape index (κ2) is 3.45. The predicted molar refractivity (Wildman–Crippen MR) is 63.5 cm³/mol. The molecule has 1 fully saturated rings. The highest BCUT2D eigenvalue weighted by Crippen LogP contribution is 2.38. The molecule has 0 radical (unpaired) electrons. The lowest BCUT2D eigenvalue weighted by Crippen LogP contribution is -2.20. The smallest absolute Gasteiger partial charge is 0.124 e. The molecule has 0 saturated heterocycles. The molecule has 4 heteroatoms. The molecule has 0 heterocycles. The normalized spacial score (nSPS) is 17.2. The standard InChI is InChI=1S/C11H13FN2S/c1-11(4-5-11)14-9-3-2-7(12)6-8(9)10(13)15/h2-3,6,14H,4-5H2,1H3,(H2,13,15). The van der Waals surface area contributed by atoms with Gasteiger partial charge in [0, 0.05) is 16.8 Å². The fourth-order valence-electron chi connectivity index (χ4n) is 1.47. The van der Waals surface area contributed by atoms with Crippen molar-refractivity contribution < 1.29 is 4.39 Å². The molecule has 0 spiro atoms. The van der Waals surface area contributed by atoms with Gasteiger partial charge in [-0.15, -0.1) is 0 Å². The molecule has 0 bridgehead atoms. The average molecular weight is 224 g/mol. The quantitative estimate of drug-likeness (QED) is 0.774. The second-order valence-electron chi connectivity index (χ2n) is 4.24. The van der Waals surface area contributed by atoms with Gasteiger partial charge in [-0.05, 0) is 38.0 Å². The van der Waals surface area contributed by atoms with Crippen molar-refractivity contribution in [1.29, 1.82) is 0 Å². The molecule has 1 aliphatic carbocycles. The van der Waals surface area contributed by atoms with Gasteiger partial charge in [-0.25, -0.2) is 4.39 Å². The van der Waals surface area contributed by atoms with Gasteiger partial charge in [0.25, 0.3) is 0 Å². The van der Waals surface area contributed by atoms with Gasteiger partial charge in [0.05, 0.1) is 0 Å². The van der Waals surface area contributed by atoms with Crippen molar-refractivity contribution in [3.8, 4) is 0 Å². The molecule has 0 unspecified atom stereocenters. The fraction of sp³-hybridized carbons (Fsp3) is 0.364. The molecule has 2 rings (SSSR count). The number of rotatable bonds is 3. The number of benzene rings is 1. The van der Waals surface area contributed by atoms with Crippen LogP contribution in [0.2, 0.25) is 0 Å². The summed E-state index contributed by atoms with van der Waals surface area (Å²) in [6, 6.07) is 4.47. The van der Waals surface area contributed by atoms with Crippen molar-refractivity contribution in [2.24, 2.45) is 5.73 Å². The third-order valence-electron chi connectivity index (χ3n) is 2.68. The Balaban J connectivity index is 2.32.